The molecule has 2 rings (SSSR count). The lowest BCUT2D eigenvalue weighted by Gasteiger charge is -2.15. The number of carbonyl (C=O) groups excluding carboxylic acids is 1. The second-order valence-electron chi connectivity index (χ2n) is 5.14. The summed E-state index contributed by atoms with van der Waals surface area (Å²) in [6, 6.07) is 4.39. The van der Waals surface area contributed by atoms with E-state index in [2.05, 4.69) is 10.3 Å². The molecule has 0 atom stereocenters. The first-order valence-corrected chi connectivity index (χ1v) is 6.54. The lowest BCUT2D eigenvalue weighted by molar-refractivity contribution is 0.0690. The Labute approximate surface area is 117 Å². The standard InChI is InChI=1S/C14H18N2O4/c1-20-8-7-14(5-6-14)9-15-12(17)10-3-2-4-11(16-10)13(18)19/h2-4H,5-9H2,1H3,(H,15,17)(H,18,19). The fraction of sp³-hybridized carbons (Fsp3) is 0.500. The molecular formula is C14H18N2O4. The molecule has 0 spiro atoms. The molecule has 0 aliphatic heterocycles. The molecule has 0 unspecified atom stereocenters. The smallest absolute Gasteiger partial charge is 0.354 e. The minimum atomic E-state index is -1.14. The number of methoxy groups -OCH3 is 1. The van der Waals surface area contributed by atoms with Crippen LogP contribution >= 0.6 is 0 Å². The zero-order valence-corrected chi connectivity index (χ0v) is 11.4. The van der Waals surface area contributed by atoms with Gasteiger partial charge in [0.15, 0.2) is 0 Å². The summed E-state index contributed by atoms with van der Waals surface area (Å²) in [6.07, 6.45) is 3.09. The van der Waals surface area contributed by atoms with Crippen LogP contribution in [-0.2, 0) is 4.74 Å². The van der Waals surface area contributed by atoms with E-state index in [0.717, 1.165) is 19.3 Å². The summed E-state index contributed by atoms with van der Waals surface area (Å²) in [5.74, 6) is -1.48. The number of aromatic carboxylic acids is 1. The zero-order chi connectivity index (χ0) is 14.6. The lowest BCUT2D eigenvalue weighted by atomic mass is 10.0. The van der Waals surface area contributed by atoms with Crippen LogP contribution in [0.2, 0.25) is 0 Å². The molecule has 0 radical (unpaired) electrons. The van der Waals surface area contributed by atoms with E-state index in [0.29, 0.717) is 13.2 Å². The SMILES string of the molecule is COCCC1(CNC(=O)c2cccc(C(=O)O)n2)CC1. The highest BCUT2D eigenvalue weighted by molar-refractivity contribution is 5.94. The Hall–Kier alpha value is -1.95. The highest BCUT2D eigenvalue weighted by Gasteiger charge is 2.42. The van der Waals surface area contributed by atoms with Gasteiger partial charge in [0.25, 0.3) is 5.91 Å². The number of pyridine rings is 1. The molecule has 108 valence electrons. The number of ether oxygens (including phenoxy) is 1. The summed E-state index contributed by atoms with van der Waals surface area (Å²) >= 11 is 0. The fourth-order valence-electron chi connectivity index (χ4n) is 2.05. The second-order valence-corrected chi connectivity index (χ2v) is 5.14. The quantitative estimate of drug-likeness (QED) is 0.785. The Morgan fingerprint density at radius 1 is 1.40 bits per heavy atom. The average molecular weight is 278 g/mol. The molecular weight excluding hydrogens is 260 g/mol. The van der Waals surface area contributed by atoms with E-state index in [1.807, 2.05) is 0 Å². The maximum Gasteiger partial charge on any atom is 0.354 e. The minimum Gasteiger partial charge on any atom is -0.477 e. The Bertz CT molecular complexity index is 512. The minimum absolute atomic E-state index is 0.127. The van der Waals surface area contributed by atoms with Crippen LogP contribution in [0, 0.1) is 5.41 Å². The van der Waals surface area contributed by atoms with Crippen LogP contribution in [0.1, 0.15) is 40.2 Å². The molecule has 20 heavy (non-hydrogen) atoms. The van der Waals surface area contributed by atoms with Crippen molar-refractivity contribution < 1.29 is 19.4 Å². The van der Waals surface area contributed by atoms with Gasteiger partial charge in [0.1, 0.15) is 11.4 Å². The van der Waals surface area contributed by atoms with E-state index in [9.17, 15) is 9.59 Å². The van der Waals surface area contributed by atoms with Crippen LogP contribution in [-0.4, -0.2) is 42.2 Å². The molecule has 1 saturated carbocycles. The van der Waals surface area contributed by atoms with Crippen LogP contribution in [0.25, 0.3) is 0 Å². The van der Waals surface area contributed by atoms with Crippen LogP contribution in [0.4, 0.5) is 0 Å². The van der Waals surface area contributed by atoms with Gasteiger partial charge in [0.2, 0.25) is 0 Å². The summed E-state index contributed by atoms with van der Waals surface area (Å²) in [7, 11) is 1.66. The van der Waals surface area contributed by atoms with Crippen molar-refractivity contribution in [3.8, 4) is 0 Å². The van der Waals surface area contributed by atoms with Crippen molar-refractivity contribution in [2.75, 3.05) is 20.3 Å². The third-order valence-corrected chi connectivity index (χ3v) is 3.62. The first-order valence-electron chi connectivity index (χ1n) is 6.54. The Morgan fingerprint density at radius 3 is 2.70 bits per heavy atom. The van der Waals surface area contributed by atoms with Gasteiger partial charge < -0.3 is 15.2 Å². The number of amides is 1. The number of carboxylic acids is 1. The summed E-state index contributed by atoms with van der Waals surface area (Å²) < 4.78 is 5.06. The molecule has 2 N–H and O–H groups in total. The van der Waals surface area contributed by atoms with E-state index >= 15 is 0 Å². The van der Waals surface area contributed by atoms with Gasteiger partial charge in [-0.3, -0.25) is 4.79 Å². The summed E-state index contributed by atoms with van der Waals surface area (Å²) in [6.45, 7) is 1.26. The van der Waals surface area contributed by atoms with Crippen molar-refractivity contribution in [2.24, 2.45) is 5.41 Å². The number of nitrogens with zero attached hydrogens (tertiary/aromatic N) is 1. The molecule has 1 amide bonds. The number of nitrogens with one attached hydrogen (secondary N) is 1. The second kappa shape index (κ2) is 6.00. The van der Waals surface area contributed by atoms with Crippen molar-refractivity contribution >= 4 is 11.9 Å². The summed E-state index contributed by atoms with van der Waals surface area (Å²) in [5.41, 5.74) is 0.154. The monoisotopic (exact) mass is 278 g/mol. The normalized spacial score (nSPS) is 15.7. The zero-order valence-electron chi connectivity index (χ0n) is 11.4. The summed E-state index contributed by atoms with van der Waals surface area (Å²) in [5, 5.41) is 11.7. The third-order valence-electron chi connectivity index (χ3n) is 3.62. The van der Waals surface area contributed by atoms with Gasteiger partial charge in [0.05, 0.1) is 0 Å². The van der Waals surface area contributed by atoms with Gasteiger partial charge in [0, 0.05) is 20.3 Å². The van der Waals surface area contributed by atoms with Crippen LogP contribution in [0.3, 0.4) is 0 Å². The molecule has 1 aromatic rings. The van der Waals surface area contributed by atoms with Crippen LogP contribution < -0.4 is 5.32 Å². The molecule has 1 fully saturated rings. The van der Waals surface area contributed by atoms with Crippen molar-refractivity contribution in [1.82, 2.24) is 10.3 Å². The number of carboxylic acid groups (broad SMARTS) is 1. The predicted octanol–water partition coefficient (Wildman–Crippen LogP) is 1.33. The van der Waals surface area contributed by atoms with Gasteiger partial charge in [-0.25, -0.2) is 9.78 Å². The van der Waals surface area contributed by atoms with Gasteiger partial charge >= 0.3 is 5.97 Å². The molecule has 1 aliphatic carbocycles. The van der Waals surface area contributed by atoms with Gasteiger partial charge in [-0.05, 0) is 36.8 Å². The lowest BCUT2D eigenvalue weighted by Crippen LogP contribution is -2.31. The summed E-state index contributed by atoms with van der Waals surface area (Å²) in [4.78, 5) is 26.6. The number of rotatable bonds is 7. The molecule has 1 aliphatic rings. The molecule has 1 heterocycles. The van der Waals surface area contributed by atoms with E-state index < -0.39 is 5.97 Å². The Kier molecular flexibility index (Phi) is 4.34. The number of hydrogen-bond donors (Lipinski definition) is 2. The molecule has 6 nitrogen and oxygen atoms in total. The van der Waals surface area contributed by atoms with Crippen molar-refractivity contribution in [3.05, 3.63) is 29.6 Å². The van der Waals surface area contributed by atoms with Crippen molar-refractivity contribution in [1.29, 1.82) is 0 Å². The average Bonchev–Trinajstić information content (AvgIpc) is 3.23. The maximum atomic E-state index is 12.0. The third kappa shape index (κ3) is 3.54. The molecule has 0 aromatic carbocycles. The first-order chi connectivity index (χ1) is 9.56. The largest absolute Gasteiger partial charge is 0.477 e. The molecule has 0 saturated heterocycles. The maximum absolute atomic E-state index is 12.0. The van der Waals surface area contributed by atoms with E-state index in [1.54, 1.807) is 7.11 Å². The molecule has 6 heteroatoms. The number of hydrogen-bond acceptors (Lipinski definition) is 4. The number of carbonyl (C=O) groups is 2. The fourth-order valence-corrected chi connectivity index (χ4v) is 2.05. The van der Waals surface area contributed by atoms with Gasteiger partial charge in [-0.1, -0.05) is 6.07 Å². The van der Waals surface area contributed by atoms with Gasteiger partial charge in [-0.15, -0.1) is 0 Å². The molecule has 0 bridgehead atoms. The number of aromatic nitrogens is 1. The topological polar surface area (TPSA) is 88.5 Å². The van der Waals surface area contributed by atoms with Crippen LogP contribution in [0.5, 0.6) is 0 Å². The molecule has 1 aromatic heterocycles. The van der Waals surface area contributed by atoms with Gasteiger partial charge in [-0.2, -0.15) is 0 Å². The van der Waals surface area contributed by atoms with E-state index in [-0.39, 0.29) is 22.7 Å². The highest BCUT2D eigenvalue weighted by atomic mass is 16.5. The van der Waals surface area contributed by atoms with Crippen LogP contribution in [0.15, 0.2) is 18.2 Å². The van der Waals surface area contributed by atoms with Crippen molar-refractivity contribution in [3.63, 3.8) is 0 Å². The predicted molar refractivity (Wildman–Crippen MR) is 71.7 cm³/mol. The van der Waals surface area contributed by atoms with E-state index in [1.165, 1.54) is 18.2 Å². The highest BCUT2D eigenvalue weighted by Crippen LogP contribution is 2.48. The Morgan fingerprint density at radius 2 is 2.10 bits per heavy atom. The van der Waals surface area contributed by atoms with Crippen molar-refractivity contribution in [2.45, 2.75) is 19.3 Å². The first kappa shape index (κ1) is 14.5. The Balaban J connectivity index is 1.92. The van der Waals surface area contributed by atoms with E-state index in [4.69, 9.17) is 9.84 Å².